The molecule has 0 saturated carbocycles. The number of aryl methyl sites for hydroxylation is 1. The Morgan fingerprint density at radius 2 is 1.93 bits per heavy atom. The van der Waals surface area contributed by atoms with Crippen LogP contribution in [-0.2, 0) is 10.1 Å². The van der Waals surface area contributed by atoms with Crippen LogP contribution in [0.25, 0.3) is 0 Å². The first-order valence-electron chi connectivity index (χ1n) is 4.55. The highest BCUT2D eigenvalue weighted by molar-refractivity contribution is 7.87. The van der Waals surface area contributed by atoms with E-state index in [-0.39, 0.29) is 11.5 Å². The summed E-state index contributed by atoms with van der Waals surface area (Å²) in [7, 11) is -2.03. The van der Waals surface area contributed by atoms with Crippen molar-refractivity contribution in [3.05, 3.63) is 23.8 Å². The standard InChI is InChI=1S/C10H14O4S/c1-4-15(11,12)14-10-7-8(2)5-6-9(10)13-3/h5-7H,4H2,1-3H3. The summed E-state index contributed by atoms with van der Waals surface area (Å²) in [5.74, 6) is 0.585. The zero-order valence-electron chi connectivity index (χ0n) is 8.98. The largest absolute Gasteiger partial charge is 0.493 e. The molecular weight excluding hydrogens is 216 g/mol. The van der Waals surface area contributed by atoms with Gasteiger partial charge in [-0.25, -0.2) is 0 Å². The molecule has 4 nitrogen and oxygen atoms in total. The lowest BCUT2D eigenvalue weighted by atomic mass is 10.2. The third-order valence-electron chi connectivity index (χ3n) is 1.89. The number of ether oxygens (including phenoxy) is 1. The molecule has 1 aromatic carbocycles. The molecule has 0 atom stereocenters. The van der Waals surface area contributed by atoms with Gasteiger partial charge in [0.2, 0.25) is 0 Å². The van der Waals surface area contributed by atoms with Gasteiger partial charge in [-0.2, -0.15) is 8.42 Å². The summed E-state index contributed by atoms with van der Waals surface area (Å²) < 4.78 is 32.4. The number of rotatable bonds is 4. The second-order valence-corrected chi connectivity index (χ2v) is 4.94. The molecule has 0 fully saturated rings. The van der Waals surface area contributed by atoms with Crippen LogP contribution >= 0.6 is 0 Å². The highest BCUT2D eigenvalue weighted by Crippen LogP contribution is 2.28. The molecule has 15 heavy (non-hydrogen) atoms. The Morgan fingerprint density at radius 3 is 2.47 bits per heavy atom. The second kappa shape index (κ2) is 4.53. The van der Waals surface area contributed by atoms with E-state index >= 15 is 0 Å². The molecule has 5 heteroatoms. The lowest BCUT2D eigenvalue weighted by molar-refractivity contribution is 0.390. The number of methoxy groups -OCH3 is 1. The molecule has 1 rings (SSSR count). The Bertz CT molecular complexity index is 437. The SMILES string of the molecule is CCS(=O)(=O)Oc1cc(C)ccc1OC. The van der Waals surface area contributed by atoms with E-state index in [2.05, 4.69) is 0 Å². The summed E-state index contributed by atoms with van der Waals surface area (Å²) in [5, 5.41) is 0. The highest BCUT2D eigenvalue weighted by Gasteiger charge is 2.13. The minimum Gasteiger partial charge on any atom is -0.493 e. The topological polar surface area (TPSA) is 52.6 Å². The third kappa shape index (κ3) is 3.13. The van der Waals surface area contributed by atoms with Crippen molar-refractivity contribution >= 4 is 10.1 Å². The van der Waals surface area contributed by atoms with Crippen LogP contribution in [0.4, 0.5) is 0 Å². The van der Waals surface area contributed by atoms with Crippen LogP contribution in [0.1, 0.15) is 12.5 Å². The zero-order chi connectivity index (χ0) is 11.5. The molecule has 1 aromatic rings. The van der Waals surface area contributed by atoms with E-state index in [0.29, 0.717) is 5.75 Å². The average molecular weight is 230 g/mol. The minimum absolute atomic E-state index is 0.0654. The van der Waals surface area contributed by atoms with Gasteiger partial charge < -0.3 is 8.92 Å². The summed E-state index contributed by atoms with van der Waals surface area (Å²) in [6.45, 7) is 3.38. The Balaban J connectivity index is 3.08. The van der Waals surface area contributed by atoms with Gasteiger partial charge in [-0.3, -0.25) is 0 Å². The maximum Gasteiger partial charge on any atom is 0.309 e. The van der Waals surface area contributed by atoms with Gasteiger partial charge in [0.25, 0.3) is 0 Å². The molecule has 0 unspecified atom stereocenters. The molecule has 0 bridgehead atoms. The third-order valence-corrected chi connectivity index (χ3v) is 3.03. The smallest absolute Gasteiger partial charge is 0.309 e. The predicted molar refractivity (Wildman–Crippen MR) is 57.8 cm³/mol. The molecule has 0 aliphatic carbocycles. The van der Waals surface area contributed by atoms with Crippen molar-refractivity contribution in [1.29, 1.82) is 0 Å². The van der Waals surface area contributed by atoms with E-state index in [1.807, 2.05) is 13.0 Å². The second-order valence-electron chi connectivity index (χ2n) is 3.08. The van der Waals surface area contributed by atoms with E-state index in [0.717, 1.165) is 5.56 Å². The van der Waals surface area contributed by atoms with Gasteiger partial charge in [-0.05, 0) is 31.5 Å². The Morgan fingerprint density at radius 1 is 1.27 bits per heavy atom. The highest BCUT2D eigenvalue weighted by atomic mass is 32.2. The minimum atomic E-state index is -3.50. The van der Waals surface area contributed by atoms with Crippen molar-refractivity contribution in [3.63, 3.8) is 0 Å². The number of hydrogen-bond donors (Lipinski definition) is 0. The molecule has 84 valence electrons. The fourth-order valence-electron chi connectivity index (χ4n) is 1.04. The monoisotopic (exact) mass is 230 g/mol. The Kier molecular flexibility index (Phi) is 3.57. The van der Waals surface area contributed by atoms with Gasteiger partial charge >= 0.3 is 10.1 Å². The lowest BCUT2D eigenvalue weighted by Gasteiger charge is -2.09. The Hall–Kier alpha value is -1.23. The van der Waals surface area contributed by atoms with Gasteiger partial charge in [0.15, 0.2) is 11.5 Å². The molecular formula is C10H14O4S. The van der Waals surface area contributed by atoms with E-state index in [1.165, 1.54) is 14.0 Å². The van der Waals surface area contributed by atoms with Crippen LogP contribution in [0.5, 0.6) is 11.5 Å². The maximum absolute atomic E-state index is 11.3. The van der Waals surface area contributed by atoms with E-state index in [1.54, 1.807) is 12.1 Å². The maximum atomic E-state index is 11.3. The van der Waals surface area contributed by atoms with Crippen LogP contribution in [0, 0.1) is 6.92 Å². The first-order chi connectivity index (χ1) is 6.98. The molecule has 0 aliphatic rings. The number of benzene rings is 1. The molecule has 0 heterocycles. The summed E-state index contributed by atoms with van der Waals surface area (Å²) in [5.41, 5.74) is 0.914. The molecule has 0 aromatic heterocycles. The van der Waals surface area contributed by atoms with Crippen LogP contribution < -0.4 is 8.92 Å². The quantitative estimate of drug-likeness (QED) is 0.739. The normalized spacial score (nSPS) is 11.1. The summed E-state index contributed by atoms with van der Waals surface area (Å²) in [6.07, 6.45) is 0. The Labute approximate surface area is 90.0 Å². The van der Waals surface area contributed by atoms with Crippen LogP contribution in [0.3, 0.4) is 0 Å². The summed E-state index contributed by atoms with van der Waals surface area (Å²) >= 11 is 0. The van der Waals surface area contributed by atoms with Crippen molar-refractivity contribution < 1.29 is 17.3 Å². The number of hydrogen-bond acceptors (Lipinski definition) is 4. The van der Waals surface area contributed by atoms with Gasteiger partial charge in [0.1, 0.15) is 0 Å². The molecule has 0 amide bonds. The van der Waals surface area contributed by atoms with Crippen molar-refractivity contribution in [2.75, 3.05) is 12.9 Å². The predicted octanol–water partition coefficient (Wildman–Crippen LogP) is 1.73. The van der Waals surface area contributed by atoms with E-state index in [9.17, 15) is 8.42 Å². The van der Waals surface area contributed by atoms with Gasteiger partial charge in [0, 0.05) is 0 Å². The molecule has 0 aliphatic heterocycles. The lowest BCUT2D eigenvalue weighted by Crippen LogP contribution is -2.12. The summed E-state index contributed by atoms with van der Waals surface area (Å²) in [4.78, 5) is 0. The van der Waals surface area contributed by atoms with Crippen LogP contribution in [0.15, 0.2) is 18.2 Å². The molecule has 0 radical (unpaired) electrons. The van der Waals surface area contributed by atoms with Crippen molar-refractivity contribution in [2.24, 2.45) is 0 Å². The van der Waals surface area contributed by atoms with Crippen LogP contribution in [-0.4, -0.2) is 21.3 Å². The fraction of sp³-hybridized carbons (Fsp3) is 0.400. The first kappa shape index (κ1) is 11.8. The van der Waals surface area contributed by atoms with Crippen molar-refractivity contribution in [2.45, 2.75) is 13.8 Å². The molecule has 0 spiro atoms. The van der Waals surface area contributed by atoms with Crippen molar-refractivity contribution in [1.82, 2.24) is 0 Å². The average Bonchev–Trinajstić information content (AvgIpc) is 2.18. The van der Waals surface area contributed by atoms with Gasteiger partial charge in [-0.1, -0.05) is 6.07 Å². The van der Waals surface area contributed by atoms with Crippen molar-refractivity contribution in [3.8, 4) is 11.5 Å². The van der Waals surface area contributed by atoms with Gasteiger partial charge in [-0.15, -0.1) is 0 Å². The van der Waals surface area contributed by atoms with E-state index < -0.39 is 10.1 Å². The van der Waals surface area contributed by atoms with E-state index in [4.69, 9.17) is 8.92 Å². The fourth-order valence-corrected chi connectivity index (χ4v) is 1.57. The first-order valence-corrected chi connectivity index (χ1v) is 6.13. The zero-order valence-corrected chi connectivity index (χ0v) is 9.80. The van der Waals surface area contributed by atoms with Crippen LogP contribution in [0.2, 0.25) is 0 Å². The summed E-state index contributed by atoms with van der Waals surface area (Å²) in [6, 6.07) is 5.13. The molecule has 0 saturated heterocycles. The van der Waals surface area contributed by atoms with Gasteiger partial charge in [0.05, 0.1) is 12.9 Å². The molecule has 0 N–H and O–H groups in total.